The molecule has 0 aromatic rings. The molecule has 0 aliphatic rings. The third kappa shape index (κ3) is 134. The van der Waals surface area contributed by atoms with Crippen LogP contribution in [0.15, 0.2) is 0 Å². The highest BCUT2D eigenvalue weighted by atomic mass is 32.1. The molecule has 0 heterocycles. The Balaban J connectivity index is -0.0000000720. The average molecular weight is 153 g/mol. The van der Waals surface area contributed by atoms with Gasteiger partial charge in [-0.3, -0.25) is 5.41 Å². The summed E-state index contributed by atoms with van der Waals surface area (Å²) in [6.07, 6.45) is 0. The van der Waals surface area contributed by atoms with Crippen molar-refractivity contribution in [1.29, 1.82) is 5.41 Å². The summed E-state index contributed by atoms with van der Waals surface area (Å²) in [4.78, 5) is 9.00. The number of carbonyl (C=O) groups is 1. The zero-order valence-electron chi connectivity index (χ0n) is 4.72. The largest absolute Gasteiger partial charge is 0.370 e. The van der Waals surface area contributed by atoms with E-state index in [4.69, 9.17) is 10.2 Å². The average Bonchev–Trinajstić information content (AvgIpc) is 1.25. The van der Waals surface area contributed by atoms with Crippen molar-refractivity contribution >= 4 is 25.5 Å². The zero-order valence-corrected chi connectivity index (χ0v) is 5.72. The number of primary amides is 2. The topological polar surface area (TPSA) is 145 Å². The smallest absolute Gasteiger partial charge is 0.309 e. The van der Waals surface area contributed by atoms with Gasteiger partial charge >= 0.3 is 6.03 Å². The van der Waals surface area contributed by atoms with Crippen LogP contribution in [0.1, 0.15) is 0 Å². The molecule has 0 fully saturated rings. The summed E-state index contributed by atoms with van der Waals surface area (Å²) in [7, 11) is 0. The molecular formula is C2H11N5OS. The fourth-order valence-corrected chi connectivity index (χ4v) is 0. The minimum Gasteiger partial charge on any atom is -0.370 e. The van der Waals surface area contributed by atoms with E-state index in [-0.39, 0.29) is 19.5 Å². The Hall–Kier alpha value is -1.11. The molecule has 0 aliphatic carbocycles. The van der Waals surface area contributed by atoms with Crippen molar-refractivity contribution in [2.45, 2.75) is 0 Å². The molecule has 0 saturated carbocycles. The minimum absolute atomic E-state index is 0. The van der Waals surface area contributed by atoms with Crippen LogP contribution in [-0.2, 0) is 0 Å². The zero-order chi connectivity index (χ0) is 7.15. The summed E-state index contributed by atoms with van der Waals surface area (Å²) in [5.74, 6) is -0.333. The normalized spacial score (nSPS) is 5.33. The van der Waals surface area contributed by atoms with E-state index in [0.717, 1.165) is 0 Å². The Morgan fingerprint density at radius 1 is 1.11 bits per heavy atom. The van der Waals surface area contributed by atoms with E-state index in [1.54, 1.807) is 0 Å². The highest BCUT2D eigenvalue weighted by Gasteiger charge is 1.60. The number of rotatable bonds is 0. The van der Waals surface area contributed by atoms with E-state index >= 15 is 0 Å². The van der Waals surface area contributed by atoms with Gasteiger partial charge in [0.25, 0.3) is 0 Å². The van der Waals surface area contributed by atoms with Crippen LogP contribution >= 0.6 is 13.5 Å². The third-order valence-corrected chi connectivity index (χ3v) is 0. The molecule has 9 N–H and O–H groups in total. The fourth-order valence-electron chi connectivity index (χ4n) is 0. The lowest BCUT2D eigenvalue weighted by molar-refractivity contribution is 0.256. The van der Waals surface area contributed by atoms with E-state index in [1.165, 1.54) is 0 Å². The van der Waals surface area contributed by atoms with E-state index < -0.39 is 6.03 Å². The summed E-state index contributed by atoms with van der Waals surface area (Å²) in [5.41, 5.74) is 17.4. The predicted octanol–water partition coefficient (Wildman–Crippen LogP) is -2.02. The molecule has 0 spiro atoms. The molecule has 0 unspecified atom stereocenters. The summed E-state index contributed by atoms with van der Waals surface area (Å²) >= 11 is 0. The first-order valence-electron chi connectivity index (χ1n) is 1.61. The summed E-state index contributed by atoms with van der Waals surface area (Å²) in [6.45, 7) is 0. The molecule has 0 aromatic carbocycles. The van der Waals surface area contributed by atoms with Gasteiger partial charge in [0.2, 0.25) is 0 Å². The highest BCUT2D eigenvalue weighted by Crippen LogP contribution is 1.25. The number of nitrogens with two attached hydrogens (primary N) is 4. The first kappa shape index (κ1) is 15.7. The monoisotopic (exact) mass is 153 g/mol. The van der Waals surface area contributed by atoms with Gasteiger partial charge in [0.15, 0.2) is 5.96 Å². The van der Waals surface area contributed by atoms with E-state index in [2.05, 4.69) is 22.9 Å². The van der Waals surface area contributed by atoms with Crippen molar-refractivity contribution in [2.75, 3.05) is 0 Å². The number of hydrogen-bond donors (Lipinski definition) is 5. The molecular weight excluding hydrogens is 142 g/mol. The minimum atomic E-state index is -0.833. The standard InChI is InChI=1S/CH5N3.CH4N2O.H2S/c2*2-1(3)4;/h(H5,2,3,4);(H4,2,3,4);1H2. The van der Waals surface area contributed by atoms with Crippen LogP contribution in [0.2, 0.25) is 0 Å². The molecule has 2 amide bonds. The van der Waals surface area contributed by atoms with Gasteiger partial charge < -0.3 is 22.9 Å². The Bertz CT molecular complexity index is 73.0. The first-order valence-corrected chi connectivity index (χ1v) is 1.61. The SMILES string of the molecule is N=C(N)N.NC(N)=O.S. The van der Waals surface area contributed by atoms with Gasteiger partial charge in [0.05, 0.1) is 0 Å². The first-order chi connectivity index (χ1) is 3.46. The Kier molecular flexibility index (Phi) is 17.4. The Morgan fingerprint density at radius 3 is 1.11 bits per heavy atom. The van der Waals surface area contributed by atoms with Crippen molar-refractivity contribution in [2.24, 2.45) is 22.9 Å². The molecule has 0 aromatic heterocycles. The summed E-state index contributed by atoms with van der Waals surface area (Å²) in [6, 6.07) is -0.833. The maximum atomic E-state index is 9.00. The Labute approximate surface area is 59.5 Å². The lowest BCUT2D eigenvalue weighted by atomic mass is 11.1. The fraction of sp³-hybridized carbons (Fsp3) is 0. The van der Waals surface area contributed by atoms with Crippen LogP contribution in [0, 0.1) is 5.41 Å². The molecule has 0 radical (unpaired) electrons. The van der Waals surface area contributed by atoms with Crippen molar-refractivity contribution in [1.82, 2.24) is 0 Å². The van der Waals surface area contributed by atoms with Crippen LogP contribution < -0.4 is 22.9 Å². The molecule has 0 rings (SSSR count). The molecule has 56 valence electrons. The van der Waals surface area contributed by atoms with Gasteiger partial charge in [0, 0.05) is 0 Å². The number of nitrogens with one attached hydrogen (secondary N) is 1. The summed E-state index contributed by atoms with van der Waals surface area (Å²) < 4.78 is 0. The lowest BCUT2D eigenvalue weighted by Crippen LogP contribution is -2.20. The van der Waals surface area contributed by atoms with Crippen molar-refractivity contribution in [3.63, 3.8) is 0 Å². The quantitative estimate of drug-likeness (QED) is 0.202. The number of hydrogen-bond acceptors (Lipinski definition) is 2. The van der Waals surface area contributed by atoms with Crippen LogP contribution in [0.3, 0.4) is 0 Å². The number of urea groups is 1. The number of carbonyl (C=O) groups excluding carboxylic acids is 1. The molecule has 6 nitrogen and oxygen atoms in total. The molecule has 0 saturated heterocycles. The molecule has 0 bridgehead atoms. The predicted molar refractivity (Wildman–Crippen MR) is 40.3 cm³/mol. The van der Waals surface area contributed by atoms with Crippen molar-refractivity contribution in [3.05, 3.63) is 0 Å². The van der Waals surface area contributed by atoms with E-state index in [1.807, 2.05) is 0 Å². The molecule has 0 aliphatic heterocycles. The maximum absolute atomic E-state index is 9.00. The van der Waals surface area contributed by atoms with Gasteiger partial charge in [-0.2, -0.15) is 13.5 Å². The van der Waals surface area contributed by atoms with Gasteiger partial charge in [-0.15, -0.1) is 0 Å². The van der Waals surface area contributed by atoms with E-state index in [0.29, 0.717) is 0 Å². The van der Waals surface area contributed by atoms with Gasteiger partial charge in [-0.05, 0) is 0 Å². The number of amides is 2. The molecule has 9 heavy (non-hydrogen) atoms. The number of guanidine groups is 1. The third-order valence-electron chi connectivity index (χ3n) is 0. The Morgan fingerprint density at radius 2 is 1.11 bits per heavy atom. The van der Waals surface area contributed by atoms with Crippen molar-refractivity contribution < 1.29 is 4.79 Å². The van der Waals surface area contributed by atoms with Gasteiger partial charge in [-0.1, -0.05) is 0 Å². The highest BCUT2D eigenvalue weighted by molar-refractivity contribution is 7.59. The van der Waals surface area contributed by atoms with Gasteiger partial charge in [-0.25, -0.2) is 4.79 Å². The second kappa shape index (κ2) is 10.00. The van der Waals surface area contributed by atoms with Crippen LogP contribution in [0.25, 0.3) is 0 Å². The maximum Gasteiger partial charge on any atom is 0.309 e. The molecule has 7 heteroatoms. The van der Waals surface area contributed by atoms with Crippen LogP contribution in [-0.4, -0.2) is 12.0 Å². The second-order valence-electron chi connectivity index (χ2n) is 0.858. The molecule has 0 atom stereocenters. The van der Waals surface area contributed by atoms with Crippen LogP contribution in [0.4, 0.5) is 4.79 Å². The van der Waals surface area contributed by atoms with E-state index in [9.17, 15) is 0 Å². The van der Waals surface area contributed by atoms with Crippen LogP contribution in [0.5, 0.6) is 0 Å². The van der Waals surface area contributed by atoms with Crippen molar-refractivity contribution in [3.8, 4) is 0 Å². The lowest BCUT2D eigenvalue weighted by Gasteiger charge is -1.69. The van der Waals surface area contributed by atoms with Gasteiger partial charge in [0.1, 0.15) is 0 Å². The second-order valence-corrected chi connectivity index (χ2v) is 0.858. The summed E-state index contributed by atoms with van der Waals surface area (Å²) in [5, 5.41) is 6.06.